The molecule has 3 heteroatoms. The largest absolute Gasteiger partial charge is 0.352 e. The average molecular weight is 276 g/mol. The Balaban J connectivity index is 2.52. The minimum Gasteiger partial charge on any atom is -0.352 e. The molecule has 1 rings (SSSR count). The summed E-state index contributed by atoms with van der Waals surface area (Å²) in [5, 5.41) is 6.41. The number of carbonyl (C=O) groups is 1. The molecule has 1 aromatic carbocycles. The van der Waals surface area contributed by atoms with E-state index in [2.05, 4.69) is 62.6 Å². The monoisotopic (exact) mass is 276 g/mol. The summed E-state index contributed by atoms with van der Waals surface area (Å²) in [4.78, 5) is 12.1. The summed E-state index contributed by atoms with van der Waals surface area (Å²) in [5.41, 5.74) is 2.45. The topological polar surface area (TPSA) is 41.1 Å². The van der Waals surface area contributed by atoms with E-state index in [0.29, 0.717) is 0 Å². The SMILES string of the molecule is CCCC(C)NC(=O)C(C)N[C@@H](C)c1cccc(C)c1. The summed E-state index contributed by atoms with van der Waals surface area (Å²) in [6, 6.07) is 8.60. The predicted octanol–water partition coefficient (Wildman–Crippen LogP) is 3.34. The number of hydrogen-bond donors (Lipinski definition) is 2. The van der Waals surface area contributed by atoms with E-state index in [1.807, 2.05) is 6.92 Å². The third kappa shape index (κ3) is 5.33. The Morgan fingerprint density at radius 3 is 2.55 bits per heavy atom. The quantitative estimate of drug-likeness (QED) is 0.802. The fourth-order valence-corrected chi connectivity index (χ4v) is 2.36. The molecule has 0 bridgehead atoms. The van der Waals surface area contributed by atoms with E-state index >= 15 is 0 Å². The highest BCUT2D eigenvalue weighted by Crippen LogP contribution is 2.14. The van der Waals surface area contributed by atoms with Crippen molar-refractivity contribution in [1.82, 2.24) is 10.6 Å². The number of carbonyl (C=O) groups excluding carboxylic acids is 1. The van der Waals surface area contributed by atoms with Gasteiger partial charge in [0.15, 0.2) is 0 Å². The molecule has 20 heavy (non-hydrogen) atoms. The number of benzene rings is 1. The molecule has 0 aliphatic rings. The van der Waals surface area contributed by atoms with Gasteiger partial charge in [0, 0.05) is 12.1 Å². The van der Waals surface area contributed by atoms with Gasteiger partial charge in [-0.05, 0) is 39.7 Å². The van der Waals surface area contributed by atoms with E-state index in [9.17, 15) is 4.79 Å². The molecule has 0 aliphatic carbocycles. The summed E-state index contributed by atoms with van der Waals surface area (Å²) in [5.74, 6) is 0.0745. The van der Waals surface area contributed by atoms with Crippen LogP contribution in [0.5, 0.6) is 0 Å². The van der Waals surface area contributed by atoms with Crippen LogP contribution in [0.3, 0.4) is 0 Å². The van der Waals surface area contributed by atoms with Crippen molar-refractivity contribution in [3.63, 3.8) is 0 Å². The van der Waals surface area contributed by atoms with Gasteiger partial charge in [-0.3, -0.25) is 10.1 Å². The fraction of sp³-hybridized carbons (Fsp3) is 0.588. The number of aryl methyl sites for hydroxylation is 1. The zero-order chi connectivity index (χ0) is 15.1. The molecule has 2 N–H and O–H groups in total. The number of nitrogens with one attached hydrogen (secondary N) is 2. The van der Waals surface area contributed by atoms with Gasteiger partial charge in [-0.15, -0.1) is 0 Å². The average Bonchev–Trinajstić information content (AvgIpc) is 2.38. The molecule has 0 radical (unpaired) electrons. The third-order valence-electron chi connectivity index (χ3n) is 3.55. The van der Waals surface area contributed by atoms with Crippen molar-refractivity contribution < 1.29 is 4.79 Å². The summed E-state index contributed by atoms with van der Waals surface area (Å²) in [7, 11) is 0. The Hall–Kier alpha value is -1.35. The van der Waals surface area contributed by atoms with Crippen molar-refractivity contribution >= 4 is 5.91 Å². The highest BCUT2D eigenvalue weighted by Gasteiger charge is 2.17. The van der Waals surface area contributed by atoms with Crippen molar-refractivity contribution in [3.05, 3.63) is 35.4 Å². The molecular weight excluding hydrogens is 248 g/mol. The smallest absolute Gasteiger partial charge is 0.237 e. The van der Waals surface area contributed by atoms with Gasteiger partial charge in [0.1, 0.15) is 0 Å². The zero-order valence-corrected chi connectivity index (χ0v) is 13.4. The molecule has 0 aromatic heterocycles. The van der Waals surface area contributed by atoms with Gasteiger partial charge in [0.25, 0.3) is 0 Å². The second-order valence-corrected chi connectivity index (χ2v) is 5.72. The van der Waals surface area contributed by atoms with Crippen LogP contribution in [-0.2, 0) is 4.79 Å². The first kappa shape index (κ1) is 16.7. The van der Waals surface area contributed by atoms with E-state index in [4.69, 9.17) is 0 Å². The lowest BCUT2D eigenvalue weighted by Crippen LogP contribution is -2.46. The van der Waals surface area contributed by atoms with Crippen LogP contribution >= 0.6 is 0 Å². The number of hydrogen-bond acceptors (Lipinski definition) is 2. The Morgan fingerprint density at radius 2 is 1.95 bits per heavy atom. The number of rotatable bonds is 7. The molecule has 0 spiro atoms. The van der Waals surface area contributed by atoms with Crippen LogP contribution < -0.4 is 10.6 Å². The maximum atomic E-state index is 12.1. The van der Waals surface area contributed by atoms with Crippen molar-refractivity contribution in [3.8, 4) is 0 Å². The minimum atomic E-state index is -0.190. The van der Waals surface area contributed by atoms with E-state index in [0.717, 1.165) is 12.8 Å². The van der Waals surface area contributed by atoms with Crippen molar-refractivity contribution in [2.24, 2.45) is 0 Å². The molecular formula is C17H28N2O. The molecule has 0 heterocycles. The van der Waals surface area contributed by atoms with Crippen LogP contribution in [0.4, 0.5) is 0 Å². The zero-order valence-electron chi connectivity index (χ0n) is 13.4. The Labute approximate surface area is 123 Å². The molecule has 3 atom stereocenters. The highest BCUT2D eigenvalue weighted by atomic mass is 16.2. The summed E-state index contributed by atoms with van der Waals surface area (Å²) in [6.45, 7) is 10.3. The molecule has 1 aromatic rings. The lowest BCUT2D eigenvalue weighted by atomic mass is 10.0. The fourth-order valence-electron chi connectivity index (χ4n) is 2.36. The lowest BCUT2D eigenvalue weighted by Gasteiger charge is -2.22. The van der Waals surface area contributed by atoms with Crippen LogP contribution in [0.1, 0.15) is 57.7 Å². The standard InChI is InChI=1S/C17H28N2O/c1-6-8-13(3)18-17(20)15(5)19-14(4)16-10-7-9-12(2)11-16/h7,9-11,13-15,19H,6,8H2,1-5H3,(H,18,20)/t13?,14-,15?/m0/s1. The van der Waals surface area contributed by atoms with Gasteiger partial charge >= 0.3 is 0 Å². The van der Waals surface area contributed by atoms with Gasteiger partial charge < -0.3 is 5.32 Å². The predicted molar refractivity (Wildman–Crippen MR) is 84.7 cm³/mol. The van der Waals surface area contributed by atoms with E-state index < -0.39 is 0 Å². The van der Waals surface area contributed by atoms with Gasteiger partial charge in [-0.2, -0.15) is 0 Å². The molecule has 3 nitrogen and oxygen atoms in total. The van der Waals surface area contributed by atoms with Gasteiger partial charge in [0.05, 0.1) is 6.04 Å². The van der Waals surface area contributed by atoms with E-state index in [1.54, 1.807) is 0 Å². The van der Waals surface area contributed by atoms with E-state index in [1.165, 1.54) is 11.1 Å². The first-order valence-electron chi connectivity index (χ1n) is 7.57. The maximum Gasteiger partial charge on any atom is 0.237 e. The summed E-state index contributed by atoms with van der Waals surface area (Å²) >= 11 is 0. The van der Waals surface area contributed by atoms with Gasteiger partial charge in [0.2, 0.25) is 5.91 Å². The first-order valence-corrected chi connectivity index (χ1v) is 7.57. The third-order valence-corrected chi connectivity index (χ3v) is 3.55. The second kappa shape index (κ2) is 8.05. The summed E-state index contributed by atoms with van der Waals surface area (Å²) < 4.78 is 0. The van der Waals surface area contributed by atoms with Gasteiger partial charge in [-0.25, -0.2) is 0 Å². The molecule has 1 amide bonds. The van der Waals surface area contributed by atoms with Crippen LogP contribution in [-0.4, -0.2) is 18.0 Å². The molecule has 0 saturated heterocycles. The maximum absolute atomic E-state index is 12.1. The normalized spacial score (nSPS) is 15.4. The van der Waals surface area contributed by atoms with Crippen molar-refractivity contribution in [2.45, 2.75) is 65.6 Å². The molecule has 2 unspecified atom stereocenters. The highest BCUT2D eigenvalue weighted by molar-refractivity contribution is 5.81. The summed E-state index contributed by atoms with van der Waals surface area (Å²) in [6.07, 6.45) is 2.11. The number of amides is 1. The first-order chi connectivity index (χ1) is 9.43. The van der Waals surface area contributed by atoms with Crippen molar-refractivity contribution in [2.75, 3.05) is 0 Å². The lowest BCUT2D eigenvalue weighted by molar-refractivity contribution is -0.123. The molecule has 0 saturated carbocycles. The van der Waals surface area contributed by atoms with Crippen LogP contribution in [0.15, 0.2) is 24.3 Å². The van der Waals surface area contributed by atoms with Crippen LogP contribution in [0, 0.1) is 6.92 Å². The Bertz CT molecular complexity index is 431. The van der Waals surface area contributed by atoms with Crippen LogP contribution in [0.25, 0.3) is 0 Å². The van der Waals surface area contributed by atoms with Crippen LogP contribution in [0.2, 0.25) is 0 Å². The second-order valence-electron chi connectivity index (χ2n) is 5.72. The molecule has 112 valence electrons. The van der Waals surface area contributed by atoms with Gasteiger partial charge in [-0.1, -0.05) is 43.2 Å². The Morgan fingerprint density at radius 1 is 1.25 bits per heavy atom. The van der Waals surface area contributed by atoms with E-state index in [-0.39, 0.29) is 24.0 Å². The molecule has 0 aliphatic heterocycles. The molecule has 0 fully saturated rings. The van der Waals surface area contributed by atoms with Crippen molar-refractivity contribution in [1.29, 1.82) is 0 Å². The Kier molecular flexibility index (Phi) is 6.73. The minimum absolute atomic E-state index is 0.0745.